The van der Waals surface area contributed by atoms with Gasteiger partial charge >= 0.3 is 0 Å². The van der Waals surface area contributed by atoms with Gasteiger partial charge in [-0.1, -0.05) is 54.1 Å². The Morgan fingerprint density at radius 1 is 0.773 bits per heavy atom. The summed E-state index contributed by atoms with van der Waals surface area (Å²) in [6.45, 7) is 2.05. The zero-order valence-corrected chi connectivity index (χ0v) is 12.3. The Bertz CT molecular complexity index is 723. The van der Waals surface area contributed by atoms with Crippen LogP contribution in [0.3, 0.4) is 0 Å². The van der Waals surface area contributed by atoms with Crippen LogP contribution < -0.4 is 0 Å². The molecular weight excluding hydrogens is 272 g/mol. The molecule has 0 aliphatic heterocycles. The fourth-order valence-electron chi connectivity index (χ4n) is 2.47. The van der Waals surface area contributed by atoms with E-state index in [1.807, 2.05) is 24.3 Å². The average Bonchev–Trinajstić information content (AvgIpc) is 2.53. The Kier molecular flexibility index (Phi) is 3.75. The Morgan fingerprint density at radius 3 is 1.82 bits per heavy atom. The van der Waals surface area contributed by atoms with E-state index in [-0.39, 0.29) is 11.5 Å². The fourth-order valence-corrected chi connectivity index (χ4v) is 2.47. The minimum atomic E-state index is -0.00212. The molecule has 2 aromatic carbocycles. The molecular formula is C20H16O2. The standard InChI is InChI=1S/C20H16O2/c1-14-2-4-15(5-3-14)20(16-6-10-18(21)11-7-16)17-8-12-19(22)13-9-17/h2-13,21H,1H3. The quantitative estimate of drug-likeness (QED) is 0.899. The van der Waals surface area contributed by atoms with Crippen molar-refractivity contribution in [2.75, 3.05) is 0 Å². The Hall–Kier alpha value is -2.87. The summed E-state index contributed by atoms with van der Waals surface area (Å²) in [5.74, 6) is 0.236. The van der Waals surface area contributed by atoms with Gasteiger partial charge < -0.3 is 5.11 Å². The lowest BCUT2D eigenvalue weighted by Gasteiger charge is -2.13. The van der Waals surface area contributed by atoms with Gasteiger partial charge in [-0.3, -0.25) is 4.79 Å². The van der Waals surface area contributed by atoms with Crippen molar-refractivity contribution in [3.8, 4) is 5.75 Å². The third kappa shape index (κ3) is 2.91. The summed E-state index contributed by atoms with van der Waals surface area (Å²) in [6.07, 6.45) is 6.82. The van der Waals surface area contributed by atoms with Gasteiger partial charge in [0.05, 0.1) is 0 Å². The van der Waals surface area contributed by atoms with Crippen LogP contribution in [0.15, 0.2) is 78.4 Å². The lowest BCUT2D eigenvalue weighted by atomic mass is 9.90. The Labute approximate surface area is 129 Å². The molecule has 0 radical (unpaired) electrons. The number of aryl methyl sites for hydroxylation is 1. The number of aromatic hydroxyl groups is 1. The van der Waals surface area contributed by atoms with Crippen molar-refractivity contribution in [3.05, 3.63) is 95.1 Å². The highest BCUT2D eigenvalue weighted by Crippen LogP contribution is 2.30. The topological polar surface area (TPSA) is 37.3 Å². The molecule has 0 bridgehead atoms. The van der Waals surface area contributed by atoms with E-state index in [0.29, 0.717) is 0 Å². The van der Waals surface area contributed by atoms with Crippen LogP contribution in [0.2, 0.25) is 0 Å². The second-order valence-electron chi connectivity index (χ2n) is 5.31. The van der Waals surface area contributed by atoms with Crippen molar-refractivity contribution >= 4 is 11.4 Å². The molecule has 0 amide bonds. The van der Waals surface area contributed by atoms with Crippen LogP contribution in [0.1, 0.15) is 16.7 Å². The van der Waals surface area contributed by atoms with Crippen LogP contribution >= 0.6 is 0 Å². The first-order valence-corrected chi connectivity index (χ1v) is 7.14. The molecule has 3 rings (SSSR count). The number of carbonyl (C=O) groups excluding carboxylic acids is 1. The lowest BCUT2D eigenvalue weighted by Crippen LogP contribution is -1.97. The molecule has 1 aliphatic carbocycles. The third-order valence-corrected chi connectivity index (χ3v) is 3.64. The van der Waals surface area contributed by atoms with Crippen LogP contribution in [-0.2, 0) is 4.79 Å². The molecule has 0 saturated carbocycles. The monoisotopic (exact) mass is 288 g/mol. The number of hydrogen-bond donors (Lipinski definition) is 1. The highest BCUT2D eigenvalue weighted by molar-refractivity contribution is 6.03. The highest BCUT2D eigenvalue weighted by atomic mass is 16.3. The first kappa shape index (κ1) is 14.1. The Balaban J connectivity index is 2.18. The lowest BCUT2D eigenvalue weighted by molar-refractivity contribution is -0.110. The van der Waals surface area contributed by atoms with Crippen molar-refractivity contribution < 1.29 is 9.90 Å². The van der Waals surface area contributed by atoms with E-state index < -0.39 is 0 Å². The SMILES string of the molecule is Cc1ccc(C(=C2C=CC(=O)C=C2)c2ccc(O)cc2)cc1. The second kappa shape index (κ2) is 5.86. The van der Waals surface area contributed by atoms with Crippen LogP contribution in [-0.4, -0.2) is 10.9 Å². The first-order chi connectivity index (χ1) is 10.6. The van der Waals surface area contributed by atoms with Gasteiger partial charge in [-0.25, -0.2) is 0 Å². The van der Waals surface area contributed by atoms with Gasteiger partial charge in [0.25, 0.3) is 0 Å². The largest absolute Gasteiger partial charge is 0.508 e. The molecule has 1 N–H and O–H groups in total. The van der Waals surface area contributed by atoms with Crippen molar-refractivity contribution in [1.82, 2.24) is 0 Å². The minimum Gasteiger partial charge on any atom is -0.508 e. The molecule has 0 saturated heterocycles. The predicted molar refractivity (Wildman–Crippen MR) is 88.6 cm³/mol. The van der Waals surface area contributed by atoms with Gasteiger partial charge in [0.2, 0.25) is 0 Å². The van der Waals surface area contributed by atoms with E-state index in [2.05, 4.69) is 31.2 Å². The number of phenolic OH excluding ortho intramolecular Hbond substituents is 1. The van der Waals surface area contributed by atoms with Gasteiger partial charge in [0, 0.05) is 0 Å². The molecule has 0 atom stereocenters. The zero-order chi connectivity index (χ0) is 15.5. The number of phenols is 1. The minimum absolute atomic E-state index is 0.00212. The number of hydrogen-bond acceptors (Lipinski definition) is 2. The summed E-state index contributed by atoms with van der Waals surface area (Å²) in [4.78, 5) is 11.4. The summed E-state index contributed by atoms with van der Waals surface area (Å²) in [6, 6.07) is 15.4. The predicted octanol–water partition coefficient (Wildman–Crippen LogP) is 4.20. The molecule has 1 aliphatic rings. The molecule has 108 valence electrons. The third-order valence-electron chi connectivity index (χ3n) is 3.64. The van der Waals surface area contributed by atoms with Crippen molar-refractivity contribution in [1.29, 1.82) is 0 Å². The highest BCUT2D eigenvalue weighted by Gasteiger charge is 2.11. The molecule has 0 unspecified atom stereocenters. The van der Waals surface area contributed by atoms with Crippen LogP contribution in [0.4, 0.5) is 0 Å². The van der Waals surface area contributed by atoms with Crippen LogP contribution in [0, 0.1) is 6.92 Å². The van der Waals surface area contributed by atoms with E-state index in [1.165, 1.54) is 5.56 Å². The first-order valence-electron chi connectivity index (χ1n) is 7.14. The maximum Gasteiger partial charge on any atom is 0.178 e. The van der Waals surface area contributed by atoms with Crippen molar-refractivity contribution in [2.24, 2.45) is 0 Å². The van der Waals surface area contributed by atoms with E-state index in [0.717, 1.165) is 22.3 Å². The molecule has 22 heavy (non-hydrogen) atoms. The average molecular weight is 288 g/mol. The zero-order valence-electron chi connectivity index (χ0n) is 12.3. The summed E-state index contributed by atoms with van der Waals surface area (Å²) >= 11 is 0. The number of ketones is 1. The van der Waals surface area contributed by atoms with E-state index in [4.69, 9.17) is 0 Å². The van der Waals surface area contributed by atoms with Gasteiger partial charge in [-0.15, -0.1) is 0 Å². The molecule has 2 heteroatoms. The summed E-state index contributed by atoms with van der Waals surface area (Å²) in [5.41, 5.74) is 5.30. The molecule has 2 aromatic rings. The molecule has 2 nitrogen and oxygen atoms in total. The second-order valence-corrected chi connectivity index (χ2v) is 5.31. The number of allylic oxidation sites excluding steroid dienone is 5. The van der Waals surface area contributed by atoms with E-state index in [1.54, 1.807) is 24.3 Å². The van der Waals surface area contributed by atoms with Gasteiger partial charge in [-0.2, -0.15) is 0 Å². The molecule has 0 spiro atoms. The summed E-state index contributed by atoms with van der Waals surface area (Å²) < 4.78 is 0. The molecule has 0 heterocycles. The maximum absolute atomic E-state index is 11.4. The van der Waals surface area contributed by atoms with Gasteiger partial charge in [-0.05, 0) is 53.5 Å². The smallest absolute Gasteiger partial charge is 0.178 e. The van der Waals surface area contributed by atoms with Crippen LogP contribution in [0.25, 0.3) is 5.57 Å². The van der Waals surface area contributed by atoms with E-state index >= 15 is 0 Å². The summed E-state index contributed by atoms with van der Waals surface area (Å²) in [7, 11) is 0. The van der Waals surface area contributed by atoms with Crippen molar-refractivity contribution in [2.45, 2.75) is 6.92 Å². The van der Waals surface area contributed by atoms with Gasteiger partial charge in [0.15, 0.2) is 5.78 Å². The van der Waals surface area contributed by atoms with Gasteiger partial charge in [0.1, 0.15) is 5.75 Å². The maximum atomic E-state index is 11.4. The summed E-state index contributed by atoms with van der Waals surface area (Å²) in [5, 5.41) is 9.50. The van der Waals surface area contributed by atoms with Crippen LogP contribution in [0.5, 0.6) is 5.75 Å². The number of rotatable bonds is 2. The van der Waals surface area contributed by atoms with Crippen molar-refractivity contribution in [3.63, 3.8) is 0 Å². The number of benzene rings is 2. The molecule has 0 aromatic heterocycles. The normalized spacial score (nSPS) is 13.5. The molecule has 0 fully saturated rings. The fraction of sp³-hybridized carbons (Fsp3) is 0.0500. The number of carbonyl (C=O) groups is 1. The van der Waals surface area contributed by atoms with E-state index in [9.17, 15) is 9.90 Å². The Morgan fingerprint density at radius 2 is 1.27 bits per heavy atom.